The molecule has 5 nitrogen and oxygen atoms in total. The Morgan fingerprint density at radius 3 is 2.49 bits per heavy atom. The third-order valence-corrected chi connectivity index (χ3v) is 7.30. The molecule has 35 heavy (non-hydrogen) atoms. The summed E-state index contributed by atoms with van der Waals surface area (Å²) in [4.78, 5) is 27.1. The van der Waals surface area contributed by atoms with Gasteiger partial charge in [0, 0.05) is 9.50 Å². The summed E-state index contributed by atoms with van der Waals surface area (Å²) in [6, 6.07) is 18.2. The lowest BCUT2D eigenvalue weighted by Gasteiger charge is -2.15. The van der Waals surface area contributed by atoms with Gasteiger partial charge >= 0.3 is 0 Å². The van der Waals surface area contributed by atoms with E-state index in [1.807, 2.05) is 43.3 Å². The number of amides is 2. The molecule has 0 atom stereocenters. The minimum Gasteiger partial charge on any atom is -0.490 e. The van der Waals surface area contributed by atoms with Crippen molar-refractivity contribution in [2.24, 2.45) is 0 Å². The standard InChI is InChI=1S/C26H20BrCl2NO4S/c1-2-33-22-12-17(11-21(29)24(22)34-15-16-7-9-19(28)10-8-16)13-23-25(31)30(26(32)35-23)14-18-5-3-4-6-20(18)27/h3-13H,2,14-15H2,1H3/b23-13+. The highest BCUT2D eigenvalue weighted by Crippen LogP contribution is 2.40. The van der Waals surface area contributed by atoms with Gasteiger partial charge in [-0.15, -0.1) is 0 Å². The molecule has 0 unspecified atom stereocenters. The van der Waals surface area contributed by atoms with Crippen molar-refractivity contribution >= 4 is 68.1 Å². The Labute approximate surface area is 226 Å². The Morgan fingerprint density at radius 2 is 1.77 bits per heavy atom. The van der Waals surface area contributed by atoms with E-state index in [1.165, 1.54) is 4.90 Å². The Kier molecular flexibility index (Phi) is 8.44. The van der Waals surface area contributed by atoms with Crippen LogP contribution in [0.15, 0.2) is 70.0 Å². The second-order valence-corrected chi connectivity index (χ2v) is 10.2. The fourth-order valence-electron chi connectivity index (χ4n) is 3.40. The first kappa shape index (κ1) is 25.6. The molecule has 0 radical (unpaired) electrons. The summed E-state index contributed by atoms with van der Waals surface area (Å²) >= 11 is 16.8. The van der Waals surface area contributed by atoms with Crippen LogP contribution in [0, 0.1) is 0 Å². The number of nitrogens with zero attached hydrogens (tertiary/aromatic N) is 1. The maximum absolute atomic E-state index is 13.0. The molecule has 3 aromatic carbocycles. The molecule has 0 spiro atoms. The monoisotopic (exact) mass is 591 g/mol. The summed E-state index contributed by atoms with van der Waals surface area (Å²) in [5.74, 6) is 0.503. The van der Waals surface area contributed by atoms with E-state index in [9.17, 15) is 9.59 Å². The van der Waals surface area contributed by atoms with E-state index in [0.717, 1.165) is 27.4 Å². The highest BCUT2D eigenvalue weighted by atomic mass is 79.9. The zero-order valence-electron chi connectivity index (χ0n) is 18.6. The average Bonchev–Trinajstić information content (AvgIpc) is 3.08. The van der Waals surface area contributed by atoms with Crippen LogP contribution in [0.25, 0.3) is 6.08 Å². The number of benzene rings is 3. The number of halogens is 3. The van der Waals surface area contributed by atoms with E-state index >= 15 is 0 Å². The Bertz CT molecular complexity index is 1300. The lowest BCUT2D eigenvalue weighted by atomic mass is 10.1. The number of carbonyl (C=O) groups excluding carboxylic acids is 2. The van der Waals surface area contributed by atoms with Gasteiger partial charge in [0.15, 0.2) is 11.5 Å². The number of thioether (sulfide) groups is 1. The van der Waals surface area contributed by atoms with Gasteiger partial charge in [-0.2, -0.15) is 0 Å². The summed E-state index contributed by atoms with van der Waals surface area (Å²) in [5.41, 5.74) is 2.40. The second-order valence-electron chi connectivity index (χ2n) is 7.54. The van der Waals surface area contributed by atoms with Gasteiger partial charge in [-0.3, -0.25) is 14.5 Å². The fourth-order valence-corrected chi connectivity index (χ4v) is 5.04. The molecule has 0 aliphatic carbocycles. The van der Waals surface area contributed by atoms with Crippen LogP contribution in [-0.2, 0) is 17.9 Å². The molecule has 3 aromatic rings. The molecule has 9 heteroatoms. The smallest absolute Gasteiger partial charge is 0.293 e. The number of hydrogen-bond acceptors (Lipinski definition) is 5. The summed E-state index contributed by atoms with van der Waals surface area (Å²) in [5, 5.41) is 0.659. The molecule has 1 fully saturated rings. The first-order valence-electron chi connectivity index (χ1n) is 10.7. The van der Waals surface area contributed by atoms with Crippen molar-refractivity contribution in [2.45, 2.75) is 20.1 Å². The molecule has 1 saturated heterocycles. The predicted molar refractivity (Wildman–Crippen MR) is 144 cm³/mol. The summed E-state index contributed by atoms with van der Waals surface area (Å²) in [7, 11) is 0. The molecule has 1 heterocycles. The zero-order chi connectivity index (χ0) is 24.9. The molecule has 1 aliphatic rings. The first-order chi connectivity index (χ1) is 16.9. The van der Waals surface area contributed by atoms with Crippen molar-refractivity contribution in [1.82, 2.24) is 4.90 Å². The van der Waals surface area contributed by atoms with Gasteiger partial charge in [0.1, 0.15) is 6.61 Å². The van der Waals surface area contributed by atoms with Crippen LogP contribution in [0.2, 0.25) is 10.0 Å². The van der Waals surface area contributed by atoms with E-state index in [4.69, 9.17) is 32.7 Å². The summed E-state index contributed by atoms with van der Waals surface area (Å²) in [6.07, 6.45) is 1.64. The van der Waals surface area contributed by atoms with E-state index in [2.05, 4.69) is 15.9 Å². The van der Waals surface area contributed by atoms with Crippen molar-refractivity contribution < 1.29 is 19.1 Å². The number of hydrogen-bond donors (Lipinski definition) is 0. The third kappa shape index (κ3) is 6.22. The molecule has 180 valence electrons. The summed E-state index contributed by atoms with van der Waals surface area (Å²) in [6.45, 7) is 2.73. The SMILES string of the molecule is CCOc1cc(/C=C2/SC(=O)N(Cc3ccccc3Br)C2=O)cc(Cl)c1OCc1ccc(Cl)cc1. The van der Waals surface area contributed by atoms with Gasteiger partial charge < -0.3 is 9.47 Å². The molecular weight excluding hydrogens is 573 g/mol. The quantitative estimate of drug-likeness (QED) is 0.248. The molecule has 2 amide bonds. The number of carbonyl (C=O) groups is 2. The van der Waals surface area contributed by atoms with Gasteiger partial charge in [0.2, 0.25) is 0 Å². The van der Waals surface area contributed by atoms with Gasteiger partial charge in [-0.1, -0.05) is 69.5 Å². The maximum Gasteiger partial charge on any atom is 0.293 e. The normalized spacial score (nSPS) is 14.6. The average molecular weight is 593 g/mol. The van der Waals surface area contributed by atoms with E-state index < -0.39 is 0 Å². The molecular formula is C26H20BrCl2NO4S. The van der Waals surface area contributed by atoms with Gasteiger partial charge in [-0.05, 0) is 71.8 Å². The van der Waals surface area contributed by atoms with Crippen molar-refractivity contribution in [3.05, 3.63) is 96.8 Å². The van der Waals surface area contributed by atoms with Crippen LogP contribution < -0.4 is 9.47 Å². The Balaban J connectivity index is 1.55. The molecule has 4 rings (SSSR count). The van der Waals surface area contributed by atoms with Crippen LogP contribution in [0.5, 0.6) is 11.5 Å². The van der Waals surface area contributed by atoms with Gasteiger partial charge in [0.05, 0.1) is 23.1 Å². The molecule has 0 bridgehead atoms. The third-order valence-electron chi connectivity index (χ3n) is 5.09. The first-order valence-corrected chi connectivity index (χ1v) is 13.0. The van der Waals surface area contributed by atoms with Crippen LogP contribution in [0.1, 0.15) is 23.6 Å². The minimum absolute atomic E-state index is 0.186. The van der Waals surface area contributed by atoms with E-state index in [-0.39, 0.29) is 24.3 Å². The Morgan fingerprint density at radius 1 is 1.03 bits per heavy atom. The number of ether oxygens (including phenoxy) is 2. The van der Waals surface area contributed by atoms with Crippen molar-refractivity contribution in [1.29, 1.82) is 0 Å². The summed E-state index contributed by atoms with van der Waals surface area (Å²) < 4.78 is 12.5. The van der Waals surface area contributed by atoms with Gasteiger partial charge in [0.25, 0.3) is 11.1 Å². The zero-order valence-corrected chi connectivity index (χ0v) is 22.5. The lowest BCUT2D eigenvalue weighted by Crippen LogP contribution is -2.27. The van der Waals surface area contributed by atoms with Crippen LogP contribution >= 0.6 is 50.9 Å². The van der Waals surface area contributed by atoms with Crippen molar-refractivity contribution in [3.63, 3.8) is 0 Å². The molecule has 0 N–H and O–H groups in total. The second kappa shape index (κ2) is 11.5. The van der Waals surface area contributed by atoms with Crippen molar-refractivity contribution in [3.8, 4) is 11.5 Å². The van der Waals surface area contributed by atoms with Gasteiger partial charge in [-0.25, -0.2) is 0 Å². The van der Waals surface area contributed by atoms with E-state index in [1.54, 1.807) is 30.3 Å². The Hall–Kier alpha value is -2.45. The topological polar surface area (TPSA) is 55.8 Å². The maximum atomic E-state index is 13.0. The number of imide groups is 1. The molecule has 1 aliphatic heterocycles. The molecule has 0 saturated carbocycles. The predicted octanol–water partition coefficient (Wildman–Crippen LogP) is 7.97. The highest BCUT2D eigenvalue weighted by Gasteiger charge is 2.35. The van der Waals surface area contributed by atoms with Crippen molar-refractivity contribution in [2.75, 3.05) is 6.61 Å². The van der Waals surface area contributed by atoms with Crippen LogP contribution in [0.3, 0.4) is 0 Å². The highest BCUT2D eigenvalue weighted by molar-refractivity contribution is 9.10. The molecule has 0 aromatic heterocycles. The fraction of sp³-hybridized carbons (Fsp3) is 0.154. The lowest BCUT2D eigenvalue weighted by molar-refractivity contribution is -0.123. The minimum atomic E-state index is -0.354. The largest absolute Gasteiger partial charge is 0.490 e. The number of rotatable bonds is 8. The van der Waals surface area contributed by atoms with Crippen LogP contribution in [0.4, 0.5) is 4.79 Å². The van der Waals surface area contributed by atoms with E-state index in [0.29, 0.717) is 38.6 Å². The van der Waals surface area contributed by atoms with Crippen LogP contribution in [-0.4, -0.2) is 22.7 Å².